The summed E-state index contributed by atoms with van der Waals surface area (Å²) in [5.74, 6) is 1.82. The summed E-state index contributed by atoms with van der Waals surface area (Å²) in [5.41, 5.74) is 17.8. The lowest BCUT2D eigenvalue weighted by atomic mass is 9.95. The lowest BCUT2D eigenvalue weighted by molar-refractivity contribution is 1.05. The molecule has 5 heterocycles. The molecule has 0 aliphatic rings. The highest BCUT2D eigenvalue weighted by Gasteiger charge is 2.31. The Kier molecular flexibility index (Phi) is 10.2. The number of nitrogens with zero attached hydrogens (tertiary/aromatic N) is 7. The predicted octanol–water partition coefficient (Wildman–Crippen LogP) is 18.9. The van der Waals surface area contributed by atoms with Crippen molar-refractivity contribution in [3.05, 3.63) is 285 Å². The van der Waals surface area contributed by atoms with Gasteiger partial charge in [-0.2, -0.15) is 0 Å². The quantitative estimate of drug-likeness (QED) is 0.152. The second-order valence-corrected chi connectivity index (χ2v) is 21.1. The van der Waals surface area contributed by atoms with E-state index >= 15 is 0 Å². The number of rotatable bonds is 8. The number of benzene rings is 12. The Labute approximate surface area is 471 Å². The molecule has 0 unspecified atom stereocenters. The van der Waals surface area contributed by atoms with E-state index in [2.05, 4.69) is 267 Å². The molecular weight excluding hydrogens is 999 g/mol. The normalized spacial score (nSPS) is 11.9. The maximum atomic E-state index is 5.23. The molecule has 0 saturated heterocycles. The Morgan fingerprint density at radius 3 is 0.695 bits per heavy atom. The smallest absolute Gasteiger partial charge is 0.164 e. The monoisotopic (exact) mass is 1050 g/mol. The summed E-state index contributed by atoms with van der Waals surface area (Å²) in [7, 11) is 0. The van der Waals surface area contributed by atoms with E-state index in [9.17, 15) is 0 Å². The molecule has 0 spiro atoms. The van der Waals surface area contributed by atoms with Crippen LogP contribution in [-0.2, 0) is 0 Å². The highest BCUT2D eigenvalue weighted by Crippen LogP contribution is 2.50. The van der Waals surface area contributed by atoms with Gasteiger partial charge < -0.3 is 18.3 Å². The minimum Gasteiger partial charge on any atom is -0.307 e. The molecule has 5 aromatic heterocycles. The molecule has 17 rings (SSSR count). The maximum absolute atomic E-state index is 5.23. The zero-order valence-electron chi connectivity index (χ0n) is 44.3. The fourth-order valence-corrected chi connectivity index (χ4v) is 13.1. The Morgan fingerprint density at radius 2 is 0.415 bits per heavy atom. The number of hydrogen-bond donors (Lipinski definition) is 0. The molecule has 17 aromatic rings. The third-order valence-electron chi connectivity index (χ3n) is 16.6. The largest absolute Gasteiger partial charge is 0.307 e. The highest BCUT2D eigenvalue weighted by molar-refractivity contribution is 6.16. The Hall–Kier alpha value is -11.2. The van der Waals surface area contributed by atoms with Crippen LogP contribution in [0, 0.1) is 0 Å². The Balaban J connectivity index is 1.09. The van der Waals surface area contributed by atoms with Crippen LogP contribution < -0.4 is 0 Å². The minimum absolute atomic E-state index is 0.592. The average Bonchev–Trinajstić information content (AvgIpc) is 4.36. The molecule has 0 bridgehead atoms. The van der Waals surface area contributed by atoms with Crippen LogP contribution >= 0.6 is 0 Å². The third-order valence-corrected chi connectivity index (χ3v) is 16.6. The lowest BCUT2D eigenvalue weighted by Gasteiger charge is -2.28. The van der Waals surface area contributed by atoms with Crippen molar-refractivity contribution in [2.24, 2.45) is 0 Å². The fourth-order valence-electron chi connectivity index (χ4n) is 13.1. The number of aromatic nitrogens is 7. The molecule has 0 atom stereocenters. The summed E-state index contributed by atoms with van der Waals surface area (Å²) in [4.78, 5) is 15.5. The van der Waals surface area contributed by atoms with Crippen LogP contribution in [0.3, 0.4) is 0 Å². The summed E-state index contributed by atoms with van der Waals surface area (Å²) in [6, 6.07) is 103. The van der Waals surface area contributed by atoms with Gasteiger partial charge >= 0.3 is 0 Å². The first kappa shape index (κ1) is 45.8. The summed E-state index contributed by atoms with van der Waals surface area (Å²) < 4.78 is 10.1. The number of fused-ring (bicyclic) bond motifs is 12. The van der Waals surface area contributed by atoms with E-state index in [1.807, 2.05) is 36.4 Å². The summed E-state index contributed by atoms with van der Waals surface area (Å²) in [6.45, 7) is 0. The minimum atomic E-state index is 0.592. The molecule has 0 radical (unpaired) electrons. The highest BCUT2D eigenvalue weighted by atomic mass is 15.1. The topological polar surface area (TPSA) is 58.4 Å². The lowest BCUT2D eigenvalue weighted by Crippen LogP contribution is -2.13. The van der Waals surface area contributed by atoms with Gasteiger partial charge in [-0.3, -0.25) is 0 Å². The van der Waals surface area contributed by atoms with Crippen molar-refractivity contribution in [3.8, 4) is 68.0 Å². The maximum Gasteiger partial charge on any atom is 0.164 e. The Bertz CT molecular complexity index is 4870. The van der Waals surface area contributed by atoms with Gasteiger partial charge in [-0.15, -0.1) is 0 Å². The molecule has 0 saturated carbocycles. The van der Waals surface area contributed by atoms with Gasteiger partial charge in [0.2, 0.25) is 0 Å². The molecule has 0 aliphatic carbocycles. The third kappa shape index (κ3) is 6.87. The molecule has 0 aliphatic heterocycles. The molecule has 0 amide bonds. The van der Waals surface area contributed by atoms with Gasteiger partial charge in [0.15, 0.2) is 17.5 Å². The van der Waals surface area contributed by atoms with Crippen molar-refractivity contribution in [1.82, 2.24) is 33.2 Å². The molecule has 0 fully saturated rings. The van der Waals surface area contributed by atoms with Crippen molar-refractivity contribution >= 4 is 87.2 Å². The molecule has 12 aromatic carbocycles. The molecule has 7 nitrogen and oxygen atoms in total. The van der Waals surface area contributed by atoms with Gasteiger partial charge in [-0.25, -0.2) is 15.0 Å². The van der Waals surface area contributed by atoms with Crippen molar-refractivity contribution < 1.29 is 0 Å². The van der Waals surface area contributed by atoms with Crippen molar-refractivity contribution in [2.75, 3.05) is 0 Å². The van der Waals surface area contributed by atoms with Crippen molar-refractivity contribution in [3.63, 3.8) is 0 Å². The first-order valence-corrected chi connectivity index (χ1v) is 27.9. The Morgan fingerprint density at radius 1 is 0.195 bits per heavy atom. The van der Waals surface area contributed by atoms with Crippen LogP contribution in [0.2, 0.25) is 0 Å². The zero-order chi connectivity index (χ0) is 53.8. The fraction of sp³-hybridized carbons (Fsp3) is 0. The molecular formula is C75H47N7. The van der Waals surface area contributed by atoms with Crippen LogP contribution in [0.4, 0.5) is 0 Å². The van der Waals surface area contributed by atoms with Gasteiger partial charge in [0.25, 0.3) is 0 Å². The molecule has 7 heteroatoms. The van der Waals surface area contributed by atoms with Gasteiger partial charge in [0, 0.05) is 65.3 Å². The zero-order valence-corrected chi connectivity index (χ0v) is 44.3. The van der Waals surface area contributed by atoms with E-state index in [4.69, 9.17) is 15.0 Å². The van der Waals surface area contributed by atoms with E-state index in [-0.39, 0.29) is 0 Å². The molecule has 82 heavy (non-hydrogen) atoms. The number of para-hydroxylation sites is 8. The first-order chi connectivity index (χ1) is 40.7. The van der Waals surface area contributed by atoms with Gasteiger partial charge in [0.1, 0.15) is 0 Å². The summed E-state index contributed by atoms with van der Waals surface area (Å²) in [5, 5.41) is 9.44. The van der Waals surface area contributed by atoms with Crippen LogP contribution in [0.25, 0.3) is 155 Å². The van der Waals surface area contributed by atoms with E-state index in [1.54, 1.807) is 0 Å². The van der Waals surface area contributed by atoms with Gasteiger partial charge in [0.05, 0.1) is 66.9 Å². The van der Waals surface area contributed by atoms with Crippen LogP contribution in [0.5, 0.6) is 0 Å². The predicted molar refractivity (Wildman–Crippen MR) is 339 cm³/mol. The molecule has 382 valence electrons. The second kappa shape index (κ2) is 18.2. The van der Waals surface area contributed by atoms with E-state index in [0.29, 0.717) is 17.5 Å². The van der Waals surface area contributed by atoms with E-state index in [0.717, 1.165) is 94.7 Å². The van der Waals surface area contributed by atoms with Crippen molar-refractivity contribution in [2.45, 2.75) is 0 Å². The van der Waals surface area contributed by atoms with E-state index in [1.165, 1.54) is 43.1 Å². The van der Waals surface area contributed by atoms with Crippen LogP contribution in [0.1, 0.15) is 0 Å². The second-order valence-electron chi connectivity index (χ2n) is 21.1. The standard InChI is InChI=1S/C75H47N7/c1-3-23-49(24-4-1)73-76-74(50-25-5-2-6-26-50)78-75(77-73)51-45-43-48(44-46-51)70-71(81-64-39-19-11-31-56(64)57-32-12-20-40-65(57)81)68(79-60-35-15-7-27-52(60)53-28-8-16-36-61(53)79)47-69(80-62-37-17-9-29-54(62)55-30-10-18-38-63(55)80)72(70)82-66-41-21-13-33-58(66)59-34-14-22-42-67(59)82/h1-47H. The van der Waals surface area contributed by atoms with E-state index < -0.39 is 0 Å². The van der Waals surface area contributed by atoms with Crippen LogP contribution in [-0.4, -0.2) is 33.2 Å². The van der Waals surface area contributed by atoms with Crippen LogP contribution in [0.15, 0.2) is 285 Å². The molecule has 0 N–H and O–H groups in total. The number of hydrogen-bond acceptors (Lipinski definition) is 3. The van der Waals surface area contributed by atoms with Gasteiger partial charge in [-0.1, -0.05) is 231 Å². The summed E-state index contributed by atoms with van der Waals surface area (Å²) >= 11 is 0. The first-order valence-electron chi connectivity index (χ1n) is 27.9. The summed E-state index contributed by atoms with van der Waals surface area (Å²) in [6.07, 6.45) is 0. The SMILES string of the molecule is c1ccc(-c2nc(-c3ccccc3)nc(-c3ccc(-c4c(-n5c6ccccc6c6ccccc65)c(-n5c6ccccc6c6ccccc65)cc(-n5c6ccccc6c6ccccc65)c4-n4c5ccccc5c5ccccc54)cc3)n2)cc1. The average molecular weight is 1050 g/mol. The van der Waals surface area contributed by atoms with Gasteiger partial charge in [-0.05, 0) is 60.2 Å². The van der Waals surface area contributed by atoms with Crippen molar-refractivity contribution in [1.29, 1.82) is 0 Å².